The van der Waals surface area contributed by atoms with Crippen LogP contribution in [0.3, 0.4) is 0 Å². The largest absolute Gasteiger partial charge is 0.307 e. The minimum atomic E-state index is 0.431. The summed E-state index contributed by atoms with van der Waals surface area (Å²) in [5.74, 6) is 1.42. The first-order chi connectivity index (χ1) is 8.93. The molecular weight excluding hydrogens is 230 g/mol. The zero-order valence-corrected chi connectivity index (χ0v) is 13.5. The van der Waals surface area contributed by atoms with Crippen LogP contribution < -0.4 is 5.32 Å². The van der Waals surface area contributed by atoms with Crippen molar-refractivity contribution in [3.63, 3.8) is 0 Å². The average Bonchev–Trinajstić information content (AvgIpc) is 2.35. The topological polar surface area (TPSA) is 12.0 Å². The minimum absolute atomic E-state index is 0.431. The Balaban J connectivity index is 2.64. The minimum Gasteiger partial charge on any atom is -0.307 e. The van der Waals surface area contributed by atoms with E-state index < -0.39 is 0 Å². The van der Waals surface area contributed by atoms with Gasteiger partial charge < -0.3 is 5.32 Å². The molecule has 1 aromatic rings. The summed E-state index contributed by atoms with van der Waals surface area (Å²) < 4.78 is 0. The molecule has 0 fully saturated rings. The standard InChI is InChI=1S/C18H31N/c1-7-18(14(4)5)19-15(6)17-10-8-16(9-11-17)12-13(2)3/h8-11,13-15,18-19H,7,12H2,1-6H3. The van der Waals surface area contributed by atoms with E-state index in [1.165, 1.54) is 24.0 Å². The van der Waals surface area contributed by atoms with Gasteiger partial charge in [0.15, 0.2) is 0 Å². The highest BCUT2D eigenvalue weighted by Gasteiger charge is 2.14. The highest BCUT2D eigenvalue weighted by atomic mass is 14.9. The number of hydrogen-bond acceptors (Lipinski definition) is 1. The van der Waals surface area contributed by atoms with E-state index in [4.69, 9.17) is 0 Å². The molecular formula is C18H31N. The molecule has 0 heterocycles. The third-order valence-corrected chi connectivity index (χ3v) is 3.83. The van der Waals surface area contributed by atoms with Crippen LogP contribution in [0.5, 0.6) is 0 Å². The van der Waals surface area contributed by atoms with E-state index in [1.807, 2.05) is 0 Å². The van der Waals surface area contributed by atoms with Crippen LogP contribution in [0, 0.1) is 11.8 Å². The van der Waals surface area contributed by atoms with Crippen molar-refractivity contribution >= 4 is 0 Å². The van der Waals surface area contributed by atoms with Crippen molar-refractivity contribution in [3.8, 4) is 0 Å². The van der Waals surface area contributed by atoms with Gasteiger partial charge in [-0.05, 0) is 42.7 Å². The van der Waals surface area contributed by atoms with Gasteiger partial charge in [0, 0.05) is 12.1 Å². The lowest BCUT2D eigenvalue weighted by Gasteiger charge is -2.25. The highest BCUT2D eigenvalue weighted by molar-refractivity contribution is 5.25. The molecule has 0 amide bonds. The summed E-state index contributed by atoms with van der Waals surface area (Å²) in [7, 11) is 0. The third-order valence-electron chi connectivity index (χ3n) is 3.83. The Bertz CT molecular complexity index is 350. The molecule has 0 spiro atoms. The molecule has 0 aliphatic rings. The van der Waals surface area contributed by atoms with Crippen molar-refractivity contribution < 1.29 is 0 Å². The molecule has 108 valence electrons. The number of hydrogen-bond donors (Lipinski definition) is 1. The van der Waals surface area contributed by atoms with Crippen molar-refractivity contribution in [2.45, 2.75) is 66.5 Å². The Hall–Kier alpha value is -0.820. The molecule has 1 rings (SSSR count). The van der Waals surface area contributed by atoms with E-state index in [0.29, 0.717) is 18.0 Å². The fraction of sp³-hybridized carbons (Fsp3) is 0.667. The number of benzene rings is 1. The number of rotatable bonds is 7. The predicted octanol–water partition coefficient (Wildman–Crippen LogP) is 4.97. The molecule has 1 nitrogen and oxygen atoms in total. The maximum Gasteiger partial charge on any atom is 0.0294 e. The van der Waals surface area contributed by atoms with E-state index in [-0.39, 0.29) is 0 Å². The summed E-state index contributed by atoms with van der Waals surface area (Å²) in [5.41, 5.74) is 2.84. The Labute approximate surface area is 119 Å². The third kappa shape index (κ3) is 5.36. The Morgan fingerprint density at radius 1 is 0.947 bits per heavy atom. The monoisotopic (exact) mass is 261 g/mol. The Morgan fingerprint density at radius 3 is 1.95 bits per heavy atom. The van der Waals surface area contributed by atoms with Crippen molar-refractivity contribution in [2.24, 2.45) is 11.8 Å². The second-order valence-corrected chi connectivity index (χ2v) is 6.49. The first kappa shape index (κ1) is 16.2. The van der Waals surface area contributed by atoms with Gasteiger partial charge in [-0.25, -0.2) is 0 Å². The fourth-order valence-corrected chi connectivity index (χ4v) is 2.61. The molecule has 0 aromatic heterocycles. The van der Waals surface area contributed by atoms with Gasteiger partial charge in [-0.3, -0.25) is 0 Å². The van der Waals surface area contributed by atoms with Crippen molar-refractivity contribution in [2.75, 3.05) is 0 Å². The van der Waals surface area contributed by atoms with Gasteiger partial charge in [-0.2, -0.15) is 0 Å². The summed E-state index contributed by atoms with van der Waals surface area (Å²) >= 11 is 0. The molecule has 2 atom stereocenters. The molecule has 0 aliphatic carbocycles. The lowest BCUT2D eigenvalue weighted by atomic mass is 9.97. The van der Waals surface area contributed by atoms with Crippen LogP contribution in [0.15, 0.2) is 24.3 Å². The van der Waals surface area contributed by atoms with Crippen LogP contribution in [0.4, 0.5) is 0 Å². The van der Waals surface area contributed by atoms with Crippen molar-refractivity contribution in [3.05, 3.63) is 35.4 Å². The summed E-state index contributed by atoms with van der Waals surface area (Å²) in [6.45, 7) is 13.6. The number of nitrogens with one attached hydrogen (secondary N) is 1. The molecule has 2 unspecified atom stereocenters. The predicted molar refractivity (Wildman–Crippen MR) is 85.5 cm³/mol. The average molecular weight is 261 g/mol. The van der Waals surface area contributed by atoms with Crippen LogP contribution >= 0.6 is 0 Å². The molecule has 0 bridgehead atoms. The van der Waals surface area contributed by atoms with E-state index in [1.54, 1.807) is 0 Å². The molecule has 0 aliphatic heterocycles. The smallest absolute Gasteiger partial charge is 0.0294 e. The van der Waals surface area contributed by atoms with Crippen LogP contribution in [0.2, 0.25) is 0 Å². The second-order valence-electron chi connectivity index (χ2n) is 6.49. The SMILES string of the molecule is CCC(NC(C)c1ccc(CC(C)C)cc1)C(C)C. The lowest BCUT2D eigenvalue weighted by molar-refractivity contribution is 0.356. The maximum absolute atomic E-state index is 3.74. The van der Waals surface area contributed by atoms with Gasteiger partial charge in [0.25, 0.3) is 0 Å². The van der Waals surface area contributed by atoms with Gasteiger partial charge in [0.2, 0.25) is 0 Å². The fourth-order valence-electron chi connectivity index (χ4n) is 2.61. The lowest BCUT2D eigenvalue weighted by Crippen LogP contribution is -2.35. The second kappa shape index (κ2) is 7.69. The first-order valence-electron chi connectivity index (χ1n) is 7.78. The van der Waals surface area contributed by atoms with Crippen LogP contribution in [-0.2, 0) is 6.42 Å². The normalized spacial score (nSPS) is 14.9. The molecule has 19 heavy (non-hydrogen) atoms. The molecule has 1 N–H and O–H groups in total. The maximum atomic E-state index is 3.74. The zero-order valence-electron chi connectivity index (χ0n) is 13.5. The van der Waals surface area contributed by atoms with Gasteiger partial charge in [0.1, 0.15) is 0 Å². The summed E-state index contributed by atoms with van der Waals surface area (Å²) in [6.07, 6.45) is 2.36. The van der Waals surface area contributed by atoms with Crippen molar-refractivity contribution in [1.82, 2.24) is 5.32 Å². The van der Waals surface area contributed by atoms with Crippen LogP contribution in [-0.4, -0.2) is 6.04 Å². The first-order valence-corrected chi connectivity index (χ1v) is 7.78. The molecule has 0 saturated heterocycles. The quantitative estimate of drug-likeness (QED) is 0.730. The molecule has 1 heteroatoms. The summed E-state index contributed by atoms with van der Waals surface area (Å²) in [4.78, 5) is 0. The van der Waals surface area contributed by atoms with Gasteiger partial charge in [0.05, 0.1) is 0 Å². The highest BCUT2D eigenvalue weighted by Crippen LogP contribution is 2.18. The zero-order chi connectivity index (χ0) is 14.4. The molecule has 0 radical (unpaired) electrons. The summed E-state index contributed by atoms with van der Waals surface area (Å²) in [5, 5.41) is 3.74. The summed E-state index contributed by atoms with van der Waals surface area (Å²) in [6, 6.07) is 10.2. The van der Waals surface area contributed by atoms with Gasteiger partial charge in [-0.15, -0.1) is 0 Å². The van der Waals surface area contributed by atoms with Crippen molar-refractivity contribution in [1.29, 1.82) is 0 Å². The Morgan fingerprint density at radius 2 is 1.53 bits per heavy atom. The van der Waals surface area contributed by atoms with Gasteiger partial charge >= 0.3 is 0 Å². The van der Waals surface area contributed by atoms with E-state index in [9.17, 15) is 0 Å². The van der Waals surface area contributed by atoms with E-state index in [0.717, 1.165) is 5.92 Å². The molecule has 0 saturated carbocycles. The molecule has 1 aromatic carbocycles. The van der Waals surface area contributed by atoms with Crippen LogP contribution in [0.25, 0.3) is 0 Å². The van der Waals surface area contributed by atoms with Crippen LogP contribution in [0.1, 0.15) is 65.1 Å². The van der Waals surface area contributed by atoms with E-state index >= 15 is 0 Å². The van der Waals surface area contributed by atoms with Gasteiger partial charge in [-0.1, -0.05) is 58.9 Å². The van der Waals surface area contributed by atoms with E-state index in [2.05, 4.69) is 71.1 Å². The Kier molecular flexibility index (Phi) is 6.57.